The number of nitrogens with zero attached hydrogens (tertiary/aromatic N) is 1. The summed E-state index contributed by atoms with van der Waals surface area (Å²) >= 11 is 0. The van der Waals surface area contributed by atoms with Gasteiger partial charge in [-0.15, -0.1) is 0 Å². The fraction of sp³-hybridized carbons (Fsp3) is 0.818. The van der Waals surface area contributed by atoms with E-state index in [1.54, 1.807) is 0 Å². The number of amides is 2. The minimum atomic E-state index is -0.231. The molecule has 3 N–H and O–H groups in total. The fourth-order valence-corrected chi connectivity index (χ4v) is 1.16. The minimum absolute atomic E-state index is 0.0266. The first-order chi connectivity index (χ1) is 8.76. The molecule has 0 aromatic rings. The smallest absolute Gasteiger partial charge is 0.317 e. The highest BCUT2D eigenvalue weighted by Crippen LogP contribution is 1.89. The van der Waals surface area contributed by atoms with Crippen LogP contribution in [0.4, 0.5) is 4.79 Å². The van der Waals surface area contributed by atoms with Crippen LogP contribution in [0.15, 0.2) is 0 Å². The van der Waals surface area contributed by atoms with Crippen LogP contribution in [0.5, 0.6) is 0 Å². The molecule has 0 aliphatic carbocycles. The molecule has 0 atom stereocenters. The molecule has 0 fully saturated rings. The first-order valence-electron chi connectivity index (χ1n) is 5.95. The molecular formula is C11H23N2O5. The summed E-state index contributed by atoms with van der Waals surface area (Å²) in [6, 6.07) is -0.231. The van der Waals surface area contributed by atoms with Crippen molar-refractivity contribution in [3.05, 3.63) is 6.92 Å². The first-order valence-corrected chi connectivity index (χ1v) is 5.95. The van der Waals surface area contributed by atoms with Gasteiger partial charge in [-0.1, -0.05) is 0 Å². The van der Waals surface area contributed by atoms with Crippen LogP contribution in [-0.4, -0.2) is 80.4 Å². The van der Waals surface area contributed by atoms with Crippen molar-refractivity contribution in [1.82, 2.24) is 10.2 Å². The van der Waals surface area contributed by atoms with Crippen LogP contribution in [0.1, 0.15) is 0 Å². The van der Waals surface area contributed by atoms with Gasteiger partial charge in [-0.05, 0) is 6.92 Å². The van der Waals surface area contributed by atoms with Gasteiger partial charge in [-0.25, -0.2) is 4.79 Å². The molecule has 2 amide bonds. The van der Waals surface area contributed by atoms with E-state index in [1.807, 2.05) is 0 Å². The zero-order valence-electron chi connectivity index (χ0n) is 10.6. The van der Waals surface area contributed by atoms with Crippen LogP contribution in [0.25, 0.3) is 0 Å². The van der Waals surface area contributed by atoms with Gasteiger partial charge in [0, 0.05) is 19.6 Å². The van der Waals surface area contributed by atoms with Crippen molar-refractivity contribution in [2.45, 2.75) is 0 Å². The van der Waals surface area contributed by atoms with Crippen LogP contribution in [0.2, 0.25) is 0 Å². The third-order valence-electron chi connectivity index (χ3n) is 2.06. The number of aliphatic hydroxyl groups excluding tert-OH is 2. The molecule has 0 aliphatic rings. The zero-order valence-corrected chi connectivity index (χ0v) is 10.6. The lowest BCUT2D eigenvalue weighted by atomic mass is 10.5. The highest BCUT2D eigenvalue weighted by Gasteiger charge is 2.09. The van der Waals surface area contributed by atoms with E-state index in [2.05, 4.69) is 12.2 Å². The number of carbonyl (C=O) groups excluding carboxylic acids is 1. The van der Waals surface area contributed by atoms with Crippen molar-refractivity contribution in [2.24, 2.45) is 0 Å². The molecule has 0 heterocycles. The second kappa shape index (κ2) is 12.6. The third-order valence-corrected chi connectivity index (χ3v) is 2.06. The molecule has 1 radical (unpaired) electrons. The highest BCUT2D eigenvalue weighted by molar-refractivity contribution is 5.74. The zero-order chi connectivity index (χ0) is 13.6. The molecule has 0 aromatic carbocycles. The van der Waals surface area contributed by atoms with Crippen molar-refractivity contribution >= 4 is 6.03 Å². The Morgan fingerprint density at radius 2 is 1.72 bits per heavy atom. The Hall–Kier alpha value is -0.890. The van der Waals surface area contributed by atoms with Crippen molar-refractivity contribution in [3.63, 3.8) is 0 Å². The SMILES string of the molecule is [CH2]CN(CCOCCO)C(=O)NCCOCCO. The van der Waals surface area contributed by atoms with E-state index in [0.717, 1.165) is 0 Å². The lowest BCUT2D eigenvalue weighted by Crippen LogP contribution is -2.42. The van der Waals surface area contributed by atoms with Crippen LogP contribution in [0, 0.1) is 6.92 Å². The Balaban J connectivity index is 3.61. The van der Waals surface area contributed by atoms with Gasteiger partial charge in [0.05, 0.1) is 39.6 Å². The molecule has 18 heavy (non-hydrogen) atoms. The molecule has 0 saturated carbocycles. The standard InChI is InChI=1S/C11H23N2O5/c1-2-13(4-8-18-10-6-15)11(16)12-3-7-17-9-5-14/h14-15H,1-10H2,(H,12,16). The maximum atomic E-state index is 11.6. The number of urea groups is 1. The van der Waals surface area contributed by atoms with E-state index in [-0.39, 0.29) is 32.5 Å². The molecule has 0 spiro atoms. The van der Waals surface area contributed by atoms with Gasteiger partial charge in [-0.3, -0.25) is 0 Å². The Morgan fingerprint density at radius 1 is 1.11 bits per heavy atom. The lowest BCUT2D eigenvalue weighted by Gasteiger charge is -2.21. The van der Waals surface area contributed by atoms with Crippen LogP contribution in [0.3, 0.4) is 0 Å². The van der Waals surface area contributed by atoms with E-state index in [0.29, 0.717) is 32.8 Å². The highest BCUT2D eigenvalue weighted by atomic mass is 16.5. The number of rotatable bonds is 11. The maximum absolute atomic E-state index is 11.6. The monoisotopic (exact) mass is 263 g/mol. The summed E-state index contributed by atoms with van der Waals surface area (Å²) < 4.78 is 10.1. The molecule has 0 unspecified atom stereocenters. The number of ether oxygens (including phenoxy) is 2. The van der Waals surface area contributed by atoms with Gasteiger partial charge < -0.3 is 29.9 Å². The van der Waals surface area contributed by atoms with Gasteiger partial charge in [0.2, 0.25) is 0 Å². The number of nitrogens with one attached hydrogen (secondary N) is 1. The maximum Gasteiger partial charge on any atom is 0.317 e. The van der Waals surface area contributed by atoms with Gasteiger partial charge >= 0.3 is 6.03 Å². The van der Waals surface area contributed by atoms with E-state index in [9.17, 15) is 4.79 Å². The second-order valence-corrected chi connectivity index (χ2v) is 3.39. The average Bonchev–Trinajstić information content (AvgIpc) is 2.38. The Morgan fingerprint density at radius 3 is 2.28 bits per heavy atom. The predicted molar refractivity (Wildman–Crippen MR) is 66.1 cm³/mol. The summed E-state index contributed by atoms with van der Waals surface area (Å²) in [7, 11) is 0. The molecule has 0 saturated heterocycles. The lowest BCUT2D eigenvalue weighted by molar-refractivity contribution is 0.0786. The second-order valence-electron chi connectivity index (χ2n) is 3.39. The molecular weight excluding hydrogens is 240 g/mol. The summed E-state index contributed by atoms with van der Waals surface area (Å²) in [6.45, 7) is 6.01. The van der Waals surface area contributed by atoms with Gasteiger partial charge in [0.25, 0.3) is 0 Å². The predicted octanol–water partition coefficient (Wildman–Crippen LogP) is -1.15. The molecule has 0 rings (SSSR count). The van der Waals surface area contributed by atoms with E-state index < -0.39 is 0 Å². The first kappa shape index (κ1) is 17.1. The molecule has 0 aromatic heterocycles. The minimum Gasteiger partial charge on any atom is -0.394 e. The van der Waals surface area contributed by atoms with E-state index >= 15 is 0 Å². The topological polar surface area (TPSA) is 91.3 Å². The normalized spacial score (nSPS) is 10.4. The summed E-state index contributed by atoms with van der Waals surface area (Å²) in [6.07, 6.45) is 0. The van der Waals surface area contributed by atoms with Crippen LogP contribution < -0.4 is 5.32 Å². The summed E-state index contributed by atoms with van der Waals surface area (Å²) in [5.74, 6) is 0. The van der Waals surface area contributed by atoms with Gasteiger partial charge in [0.15, 0.2) is 0 Å². The largest absolute Gasteiger partial charge is 0.394 e. The molecule has 7 heteroatoms. The van der Waals surface area contributed by atoms with E-state index in [4.69, 9.17) is 19.7 Å². The quantitative estimate of drug-likeness (QED) is 0.409. The Labute approximate surface area is 108 Å². The Kier molecular flexibility index (Phi) is 11.9. The fourth-order valence-electron chi connectivity index (χ4n) is 1.16. The van der Waals surface area contributed by atoms with Gasteiger partial charge in [0.1, 0.15) is 0 Å². The summed E-state index contributed by atoms with van der Waals surface area (Å²) in [5.41, 5.74) is 0. The van der Waals surface area contributed by atoms with Crippen LogP contribution in [-0.2, 0) is 9.47 Å². The molecule has 0 bridgehead atoms. The summed E-state index contributed by atoms with van der Waals surface area (Å²) in [4.78, 5) is 13.1. The van der Waals surface area contributed by atoms with Crippen LogP contribution >= 0.6 is 0 Å². The summed E-state index contributed by atoms with van der Waals surface area (Å²) in [5, 5.41) is 19.7. The van der Waals surface area contributed by atoms with Crippen molar-refractivity contribution in [2.75, 3.05) is 59.3 Å². The van der Waals surface area contributed by atoms with Crippen molar-refractivity contribution in [1.29, 1.82) is 0 Å². The average molecular weight is 263 g/mol. The van der Waals surface area contributed by atoms with Crippen molar-refractivity contribution < 1.29 is 24.5 Å². The molecule has 7 nitrogen and oxygen atoms in total. The molecule has 0 aliphatic heterocycles. The number of hydrogen-bond donors (Lipinski definition) is 3. The molecule has 107 valence electrons. The van der Waals surface area contributed by atoms with Crippen molar-refractivity contribution in [3.8, 4) is 0 Å². The Bertz CT molecular complexity index is 204. The number of carbonyl (C=O) groups is 1. The van der Waals surface area contributed by atoms with Gasteiger partial charge in [-0.2, -0.15) is 0 Å². The van der Waals surface area contributed by atoms with E-state index in [1.165, 1.54) is 4.90 Å². The third kappa shape index (κ3) is 9.17. The number of aliphatic hydroxyl groups is 2. The number of hydrogen-bond acceptors (Lipinski definition) is 5.